The minimum atomic E-state index is -0.0489. The van der Waals surface area contributed by atoms with Crippen LogP contribution in [0.25, 0.3) is 0 Å². The molecule has 30 heavy (non-hydrogen) atoms. The van der Waals surface area contributed by atoms with E-state index in [9.17, 15) is 4.79 Å². The molecule has 2 aromatic rings. The summed E-state index contributed by atoms with van der Waals surface area (Å²) in [5.41, 5.74) is 1.67. The van der Waals surface area contributed by atoms with E-state index in [0.29, 0.717) is 18.7 Å². The molecule has 1 aromatic carbocycles. The van der Waals surface area contributed by atoms with Crippen LogP contribution in [0.3, 0.4) is 0 Å². The lowest BCUT2D eigenvalue weighted by atomic mass is 10.1. The van der Waals surface area contributed by atoms with Crippen LogP contribution >= 0.6 is 35.3 Å². The van der Waals surface area contributed by atoms with Gasteiger partial charge in [0.1, 0.15) is 0 Å². The predicted octanol–water partition coefficient (Wildman–Crippen LogP) is 3.48. The number of rotatable bonds is 10. The third kappa shape index (κ3) is 9.44. The van der Waals surface area contributed by atoms with Crippen LogP contribution in [0.2, 0.25) is 0 Å². The maximum atomic E-state index is 12.3. The number of hydrogen-bond acceptors (Lipinski definition) is 4. The van der Waals surface area contributed by atoms with Crippen LogP contribution in [0.5, 0.6) is 0 Å². The van der Waals surface area contributed by atoms with E-state index in [1.165, 1.54) is 9.75 Å². The van der Waals surface area contributed by atoms with E-state index < -0.39 is 0 Å². The summed E-state index contributed by atoms with van der Waals surface area (Å²) in [5, 5.41) is 9.61. The van der Waals surface area contributed by atoms with E-state index in [4.69, 9.17) is 0 Å². The number of carbonyl (C=O) groups excluding carboxylic acids is 1. The van der Waals surface area contributed by atoms with Crippen molar-refractivity contribution < 1.29 is 4.79 Å². The van der Waals surface area contributed by atoms with E-state index >= 15 is 0 Å². The number of amides is 1. The molecule has 0 fully saturated rings. The van der Waals surface area contributed by atoms with Crippen LogP contribution in [0.15, 0.2) is 41.4 Å². The molecule has 1 heterocycles. The van der Waals surface area contributed by atoms with Gasteiger partial charge in [-0.1, -0.05) is 19.1 Å². The van der Waals surface area contributed by atoms with E-state index in [-0.39, 0.29) is 29.9 Å². The van der Waals surface area contributed by atoms with Crippen LogP contribution in [0, 0.1) is 0 Å². The van der Waals surface area contributed by atoms with Gasteiger partial charge in [0.05, 0.1) is 13.1 Å². The van der Waals surface area contributed by atoms with E-state index in [1.807, 2.05) is 54.6 Å². The Hall–Kier alpha value is -1.65. The summed E-state index contributed by atoms with van der Waals surface area (Å²) >= 11 is 1.83. The van der Waals surface area contributed by atoms with Gasteiger partial charge in [0.15, 0.2) is 5.96 Å². The molecule has 0 spiro atoms. The smallest absolute Gasteiger partial charge is 0.251 e. The van der Waals surface area contributed by atoms with Crippen molar-refractivity contribution in [2.75, 3.05) is 33.7 Å². The molecule has 0 aliphatic rings. The zero-order valence-electron chi connectivity index (χ0n) is 18.3. The number of likely N-dealkylation sites (N-methyl/N-ethyl adjacent to an activating group) is 1. The Morgan fingerprint density at radius 2 is 1.83 bits per heavy atom. The highest BCUT2D eigenvalue weighted by Crippen LogP contribution is 2.16. The van der Waals surface area contributed by atoms with Gasteiger partial charge >= 0.3 is 0 Å². The molecule has 0 bridgehead atoms. The molecule has 8 heteroatoms. The average molecular weight is 544 g/mol. The highest BCUT2D eigenvalue weighted by atomic mass is 127. The summed E-state index contributed by atoms with van der Waals surface area (Å²) < 4.78 is 0. The maximum Gasteiger partial charge on any atom is 0.251 e. The van der Waals surface area contributed by atoms with Crippen molar-refractivity contribution in [3.05, 3.63) is 57.3 Å². The van der Waals surface area contributed by atoms with Crippen molar-refractivity contribution in [2.45, 2.75) is 33.4 Å². The molecule has 0 saturated carbocycles. The Labute approximate surface area is 201 Å². The Balaban J connectivity index is 0.00000450. The molecule has 6 nitrogen and oxygen atoms in total. The summed E-state index contributed by atoms with van der Waals surface area (Å²) in [7, 11) is 3.98. The molecule has 0 saturated heterocycles. The molecule has 1 aromatic heterocycles. The van der Waals surface area contributed by atoms with Gasteiger partial charge in [-0.2, -0.15) is 0 Å². The number of aryl methyl sites for hydroxylation is 1. The molecule has 1 amide bonds. The average Bonchev–Trinajstić information content (AvgIpc) is 3.18. The number of carbonyl (C=O) groups is 1. The fourth-order valence-corrected chi connectivity index (χ4v) is 3.59. The summed E-state index contributed by atoms with van der Waals surface area (Å²) in [6.07, 6.45) is 1.07. The van der Waals surface area contributed by atoms with E-state index in [1.54, 1.807) is 0 Å². The van der Waals surface area contributed by atoms with Gasteiger partial charge in [0.2, 0.25) is 0 Å². The third-order valence-electron chi connectivity index (χ3n) is 4.29. The first-order valence-electron chi connectivity index (χ1n) is 10.1. The third-order valence-corrected chi connectivity index (χ3v) is 5.52. The van der Waals surface area contributed by atoms with Crippen molar-refractivity contribution in [3.63, 3.8) is 0 Å². The lowest BCUT2D eigenvalue weighted by Crippen LogP contribution is -2.36. The number of hydrogen-bond donors (Lipinski definition) is 3. The van der Waals surface area contributed by atoms with E-state index in [0.717, 1.165) is 37.6 Å². The number of thiophene rings is 1. The number of guanidine groups is 1. The number of nitrogens with zero attached hydrogens (tertiary/aromatic N) is 2. The van der Waals surface area contributed by atoms with Gasteiger partial charge in [0, 0.05) is 35.0 Å². The van der Waals surface area contributed by atoms with Crippen LogP contribution in [-0.4, -0.2) is 50.5 Å². The Bertz CT molecular complexity index is 806. The van der Waals surface area contributed by atoms with Crippen molar-refractivity contribution in [2.24, 2.45) is 4.99 Å². The highest BCUT2D eigenvalue weighted by molar-refractivity contribution is 14.0. The predicted molar refractivity (Wildman–Crippen MR) is 138 cm³/mol. The monoisotopic (exact) mass is 543 g/mol. The molecule has 0 aliphatic heterocycles. The number of halogens is 1. The fourth-order valence-electron chi connectivity index (χ4n) is 2.70. The number of nitrogens with one attached hydrogen (secondary N) is 3. The zero-order valence-corrected chi connectivity index (χ0v) is 21.5. The van der Waals surface area contributed by atoms with Crippen molar-refractivity contribution >= 4 is 47.2 Å². The largest absolute Gasteiger partial charge is 0.357 e. The normalized spacial score (nSPS) is 11.2. The van der Waals surface area contributed by atoms with Crippen LogP contribution in [-0.2, 0) is 19.5 Å². The van der Waals surface area contributed by atoms with Gasteiger partial charge in [-0.15, -0.1) is 35.3 Å². The Morgan fingerprint density at radius 3 is 2.50 bits per heavy atom. The van der Waals surface area contributed by atoms with Crippen molar-refractivity contribution in [1.82, 2.24) is 20.9 Å². The second kappa shape index (κ2) is 14.4. The maximum absolute atomic E-state index is 12.3. The standard InChI is InChI=1S/C22H33N5OS.HI/c1-5-19-10-11-20(29-19)16-26-22(23-6-2)25-15-17-8-7-9-18(14-17)21(28)24-12-13-27(3)4;/h7-11,14H,5-6,12-13,15-16H2,1-4H3,(H,24,28)(H2,23,25,26);1H. The molecule has 0 aliphatic carbocycles. The summed E-state index contributed by atoms with van der Waals surface area (Å²) in [5.74, 6) is 0.729. The fraction of sp³-hybridized carbons (Fsp3) is 0.455. The zero-order chi connectivity index (χ0) is 21.1. The minimum Gasteiger partial charge on any atom is -0.357 e. The Kier molecular flexibility index (Phi) is 12.6. The minimum absolute atomic E-state index is 0. The van der Waals surface area contributed by atoms with Gasteiger partial charge in [0.25, 0.3) is 5.91 Å². The molecule has 2 rings (SSSR count). The first kappa shape index (κ1) is 26.4. The van der Waals surface area contributed by atoms with Gasteiger partial charge in [-0.25, -0.2) is 4.99 Å². The van der Waals surface area contributed by atoms with Crippen LogP contribution < -0.4 is 16.0 Å². The summed E-state index contributed by atoms with van der Waals surface area (Å²) in [4.78, 5) is 21.7. The quantitative estimate of drug-likeness (QED) is 0.244. The van der Waals surface area contributed by atoms with Crippen LogP contribution in [0.4, 0.5) is 0 Å². The number of aliphatic imine (C=N–C) groups is 1. The van der Waals surface area contributed by atoms with Crippen LogP contribution in [0.1, 0.15) is 39.5 Å². The topological polar surface area (TPSA) is 68.8 Å². The lowest BCUT2D eigenvalue weighted by molar-refractivity contribution is 0.0951. The second-order valence-electron chi connectivity index (χ2n) is 7.03. The molecule has 166 valence electrons. The molecule has 0 radical (unpaired) electrons. The van der Waals surface area contributed by atoms with Crippen molar-refractivity contribution in [1.29, 1.82) is 0 Å². The molecule has 0 unspecified atom stereocenters. The summed E-state index contributed by atoms with van der Waals surface area (Å²) in [6, 6.07) is 12.0. The molecular formula is C22H34IN5OS. The molecular weight excluding hydrogens is 509 g/mol. The second-order valence-corrected chi connectivity index (χ2v) is 8.28. The van der Waals surface area contributed by atoms with E-state index in [2.05, 4.69) is 46.9 Å². The first-order chi connectivity index (χ1) is 14.0. The highest BCUT2D eigenvalue weighted by Gasteiger charge is 2.06. The number of benzene rings is 1. The molecule has 0 atom stereocenters. The lowest BCUT2D eigenvalue weighted by Gasteiger charge is -2.12. The van der Waals surface area contributed by atoms with Crippen molar-refractivity contribution in [3.8, 4) is 0 Å². The Morgan fingerprint density at radius 1 is 1.07 bits per heavy atom. The van der Waals surface area contributed by atoms with Gasteiger partial charge in [-0.3, -0.25) is 4.79 Å². The van der Waals surface area contributed by atoms with Gasteiger partial charge < -0.3 is 20.9 Å². The first-order valence-corrected chi connectivity index (χ1v) is 10.9. The SMILES string of the molecule is CCNC(=NCc1cccc(C(=O)NCCN(C)C)c1)NCc1ccc(CC)s1.I. The van der Waals surface area contributed by atoms with Gasteiger partial charge in [-0.05, 0) is 57.3 Å². The summed E-state index contributed by atoms with van der Waals surface area (Å²) in [6.45, 7) is 7.73. The molecule has 3 N–H and O–H groups in total.